The minimum atomic E-state index is -0.0728. The Bertz CT molecular complexity index is 951. The third kappa shape index (κ3) is 4.66. The van der Waals surface area contributed by atoms with Crippen molar-refractivity contribution in [2.75, 3.05) is 18.4 Å². The molecule has 0 radical (unpaired) electrons. The van der Waals surface area contributed by atoms with Crippen LogP contribution in [-0.2, 0) is 17.9 Å². The number of fused-ring (bicyclic) bond motifs is 1. The molecule has 0 spiro atoms. The van der Waals surface area contributed by atoms with Gasteiger partial charge in [0.05, 0.1) is 0 Å². The van der Waals surface area contributed by atoms with E-state index in [2.05, 4.69) is 49.5 Å². The van der Waals surface area contributed by atoms with Crippen molar-refractivity contribution in [3.05, 3.63) is 71.3 Å². The maximum absolute atomic E-state index is 12.6. The summed E-state index contributed by atoms with van der Waals surface area (Å²) in [7, 11) is 0. The molecule has 1 N–H and O–H groups in total. The van der Waals surface area contributed by atoms with Gasteiger partial charge in [0.1, 0.15) is 0 Å². The molecule has 0 aromatic heterocycles. The Hall–Kier alpha value is -3.08. The van der Waals surface area contributed by atoms with Crippen LogP contribution in [0, 0.1) is 5.92 Å². The van der Waals surface area contributed by atoms with Gasteiger partial charge in [-0.1, -0.05) is 56.3 Å². The molecule has 2 aromatic rings. The highest BCUT2D eigenvalue weighted by molar-refractivity contribution is 5.90. The highest BCUT2D eigenvalue weighted by Crippen LogP contribution is 2.26. The molecule has 0 saturated heterocycles. The predicted octanol–water partition coefficient (Wildman–Crippen LogP) is 5.29. The second kappa shape index (κ2) is 9.38. The van der Waals surface area contributed by atoms with Gasteiger partial charge in [-0.15, -0.1) is 0 Å². The number of urea groups is 1. The van der Waals surface area contributed by atoms with E-state index in [1.807, 2.05) is 34.1 Å². The molecule has 3 amide bonds. The van der Waals surface area contributed by atoms with Gasteiger partial charge in [-0.3, -0.25) is 4.79 Å². The summed E-state index contributed by atoms with van der Waals surface area (Å²) in [6.45, 7) is 6.92. The summed E-state index contributed by atoms with van der Waals surface area (Å²) in [5, 5.41) is 3.01. The Morgan fingerprint density at radius 1 is 0.935 bits per heavy atom. The maximum atomic E-state index is 12.6. The zero-order valence-corrected chi connectivity index (χ0v) is 18.4. The SMILES string of the molecule is CCC(CC)C(=O)N1CC=C(c2ccc(NC(=O)N3Cc4ccccc4C3)cc2)CC1. The van der Waals surface area contributed by atoms with Crippen LogP contribution in [0.5, 0.6) is 0 Å². The van der Waals surface area contributed by atoms with Crippen molar-refractivity contribution in [2.24, 2.45) is 5.92 Å². The predicted molar refractivity (Wildman–Crippen MR) is 124 cm³/mol. The Balaban J connectivity index is 1.34. The Labute approximate surface area is 184 Å². The van der Waals surface area contributed by atoms with Gasteiger partial charge in [-0.25, -0.2) is 4.79 Å². The van der Waals surface area contributed by atoms with Crippen LogP contribution in [0.4, 0.5) is 10.5 Å². The minimum Gasteiger partial charge on any atom is -0.338 e. The highest BCUT2D eigenvalue weighted by Gasteiger charge is 2.24. The van der Waals surface area contributed by atoms with Crippen LogP contribution in [0.3, 0.4) is 0 Å². The number of hydrogen-bond acceptors (Lipinski definition) is 2. The van der Waals surface area contributed by atoms with Gasteiger partial charge >= 0.3 is 6.03 Å². The summed E-state index contributed by atoms with van der Waals surface area (Å²) in [5.74, 6) is 0.420. The van der Waals surface area contributed by atoms with Crippen molar-refractivity contribution >= 4 is 23.2 Å². The molecule has 4 rings (SSSR count). The number of carbonyl (C=O) groups is 2. The lowest BCUT2D eigenvalue weighted by Gasteiger charge is -2.29. The highest BCUT2D eigenvalue weighted by atomic mass is 16.2. The van der Waals surface area contributed by atoms with E-state index in [0.29, 0.717) is 19.6 Å². The molecule has 0 atom stereocenters. The van der Waals surface area contributed by atoms with Crippen LogP contribution in [-0.4, -0.2) is 34.8 Å². The number of benzene rings is 2. The minimum absolute atomic E-state index is 0.0728. The summed E-state index contributed by atoms with van der Waals surface area (Å²) in [5.41, 5.74) is 5.65. The van der Waals surface area contributed by atoms with E-state index in [4.69, 9.17) is 0 Å². The first-order chi connectivity index (χ1) is 15.1. The molecule has 0 aliphatic carbocycles. The summed E-state index contributed by atoms with van der Waals surface area (Å²) in [6, 6.07) is 16.1. The van der Waals surface area contributed by atoms with Crippen molar-refractivity contribution in [1.29, 1.82) is 0 Å². The lowest BCUT2D eigenvalue weighted by Crippen LogP contribution is -2.38. The molecule has 5 nitrogen and oxygen atoms in total. The van der Waals surface area contributed by atoms with Gasteiger partial charge in [0.25, 0.3) is 0 Å². The quantitative estimate of drug-likeness (QED) is 0.719. The van der Waals surface area contributed by atoms with Crippen molar-refractivity contribution in [1.82, 2.24) is 9.80 Å². The van der Waals surface area contributed by atoms with E-state index >= 15 is 0 Å². The molecule has 2 heterocycles. The Kier molecular flexibility index (Phi) is 6.40. The number of carbonyl (C=O) groups excluding carboxylic acids is 2. The van der Waals surface area contributed by atoms with Gasteiger partial charge in [0.15, 0.2) is 0 Å². The third-order valence-electron chi connectivity index (χ3n) is 6.49. The van der Waals surface area contributed by atoms with Gasteiger partial charge in [0.2, 0.25) is 5.91 Å². The van der Waals surface area contributed by atoms with Gasteiger partial charge < -0.3 is 15.1 Å². The fourth-order valence-corrected chi connectivity index (χ4v) is 4.47. The summed E-state index contributed by atoms with van der Waals surface area (Å²) >= 11 is 0. The van der Waals surface area contributed by atoms with Crippen LogP contribution >= 0.6 is 0 Å². The van der Waals surface area contributed by atoms with Gasteiger partial charge in [0, 0.05) is 37.8 Å². The second-order valence-electron chi connectivity index (χ2n) is 8.41. The molecule has 2 aliphatic rings. The van der Waals surface area contributed by atoms with E-state index in [1.54, 1.807) is 0 Å². The van der Waals surface area contributed by atoms with E-state index in [9.17, 15) is 9.59 Å². The molecule has 0 unspecified atom stereocenters. The molecule has 162 valence electrons. The van der Waals surface area contributed by atoms with E-state index in [0.717, 1.165) is 37.1 Å². The lowest BCUT2D eigenvalue weighted by molar-refractivity contribution is -0.135. The standard InChI is InChI=1S/C26H31N3O2/c1-3-19(4-2)25(30)28-15-13-21(14-16-28)20-9-11-24(12-10-20)27-26(31)29-17-22-7-5-6-8-23(22)18-29/h5-13,19H,3-4,14-18H2,1-2H3,(H,27,31). The topological polar surface area (TPSA) is 52.7 Å². The summed E-state index contributed by atoms with van der Waals surface area (Å²) < 4.78 is 0. The van der Waals surface area contributed by atoms with Crippen molar-refractivity contribution in [3.8, 4) is 0 Å². The fourth-order valence-electron chi connectivity index (χ4n) is 4.47. The number of amides is 3. The van der Waals surface area contributed by atoms with Gasteiger partial charge in [-0.05, 0) is 53.7 Å². The number of rotatable bonds is 5. The third-order valence-corrected chi connectivity index (χ3v) is 6.49. The smallest absolute Gasteiger partial charge is 0.322 e. The first-order valence-electron chi connectivity index (χ1n) is 11.3. The van der Waals surface area contributed by atoms with E-state index < -0.39 is 0 Å². The van der Waals surface area contributed by atoms with Crippen LogP contribution in [0.15, 0.2) is 54.6 Å². The molecule has 5 heteroatoms. The van der Waals surface area contributed by atoms with Crippen molar-refractivity contribution in [2.45, 2.75) is 46.2 Å². The van der Waals surface area contributed by atoms with E-state index in [-0.39, 0.29) is 17.9 Å². The van der Waals surface area contributed by atoms with E-state index in [1.165, 1.54) is 16.7 Å². The Morgan fingerprint density at radius 2 is 1.58 bits per heavy atom. The monoisotopic (exact) mass is 417 g/mol. The molecule has 31 heavy (non-hydrogen) atoms. The van der Waals surface area contributed by atoms with Crippen LogP contribution in [0.1, 0.15) is 49.8 Å². The lowest BCUT2D eigenvalue weighted by atomic mass is 9.97. The first kappa shape index (κ1) is 21.2. The van der Waals surface area contributed by atoms with Crippen LogP contribution in [0.2, 0.25) is 0 Å². The second-order valence-corrected chi connectivity index (χ2v) is 8.41. The number of nitrogens with zero attached hydrogens (tertiary/aromatic N) is 2. The number of nitrogens with one attached hydrogen (secondary N) is 1. The average molecular weight is 418 g/mol. The largest absolute Gasteiger partial charge is 0.338 e. The van der Waals surface area contributed by atoms with Crippen LogP contribution in [0.25, 0.3) is 5.57 Å². The molecule has 0 fully saturated rings. The van der Waals surface area contributed by atoms with Crippen molar-refractivity contribution in [3.63, 3.8) is 0 Å². The first-order valence-corrected chi connectivity index (χ1v) is 11.3. The normalized spacial score (nSPS) is 15.6. The molecular weight excluding hydrogens is 386 g/mol. The zero-order valence-electron chi connectivity index (χ0n) is 18.4. The molecule has 0 bridgehead atoms. The number of hydrogen-bond donors (Lipinski definition) is 1. The van der Waals surface area contributed by atoms with Crippen LogP contribution < -0.4 is 5.32 Å². The maximum Gasteiger partial charge on any atom is 0.322 e. The Morgan fingerprint density at radius 3 is 2.13 bits per heavy atom. The summed E-state index contributed by atoms with van der Waals surface area (Å²) in [6.07, 6.45) is 4.83. The molecular formula is C26H31N3O2. The molecule has 0 saturated carbocycles. The summed E-state index contributed by atoms with van der Waals surface area (Å²) in [4.78, 5) is 29.0. The van der Waals surface area contributed by atoms with Gasteiger partial charge in [-0.2, -0.15) is 0 Å². The average Bonchev–Trinajstić information content (AvgIpc) is 3.25. The number of anilines is 1. The fraction of sp³-hybridized carbons (Fsp3) is 0.385. The molecule has 2 aromatic carbocycles. The zero-order chi connectivity index (χ0) is 21.8. The molecule has 2 aliphatic heterocycles. The van der Waals surface area contributed by atoms with Crippen molar-refractivity contribution < 1.29 is 9.59 Å².